The minimum Gasteiger partial charge on any atom is -0.496 e. The molecule has 3 nitrogen and oxygen atoms in total. The molecule has 0 bridgehead atoms. The molecule has 2 heterocycles. The van der Waals surface area contributed by atoms with E-state index < -0.39 is 0 Å². The van der Waals surface area contributed by atoms with Gasteiger partial charge in [0.25, 0.3) is 0 Å². The Morgan fingerprint density at radius 3 is 2.95 bits per heavy atom. The van der Waals surface area contributed by atoms with Crippen molar-refractivity contribution in [1.82, 2.24) is 10.3 Å². The number of hydrogen-bond acceptors (Lipinski definition) is 4. The summed E-state index contributed by atoms with van der Waals surface area (Å²) in [4.78, 5) is 5.78. The van der Waals surface area contributed by atoms with Crippen molar-refractivity contribution in [3.05, 3.63) is 45.9 Å². The molecule has 1 atom stereocenters. The second-order valence-corrected chi connectivity index (χ2v) is 5.41. The van der Waals surface area contributed by atoms with Crippen LogP contribution in [0.5, 0.6) is 5.75 Å². The fourth-order valence-electron chi connectivity index (χ4n) is 2.07. The molecule has 0 aliphatic rings. The van der Waals surface area contributed by atoms with E-state index in [2.05, 4.69) is 36.3 Å². The van der Waals surface area contributed by atoms with Crippen molar-refractivity contribution in [2.24, 2.45) is 0 Å². The normalized spacial score (nSPS) is 12.4. The number of pyridine rings is 1. The van der Waals surface area contributed by atoms with Gasteiger partial charge in [0.15, 0.2) is 0 Å². The molecule has 2 aromatic heterocycles. The third-order valence-electron chi connectivity index (χ3n) is 3.14. The second kappa shape index (κ2) is 6.68. The molecule has 2 aromatic rings. The maximum atomic E-state index is 5.26. The highest BCUT2D eigenvalue weighted by atomic mass is 32.1. The summed E-state index contributed by atoms with van der Waals surface area (Å²) >= 11 is 1.73. The van der Waals surface area contributed by atoms with Gasteiger partial charge in [-0.05, 0) is 31.2 Å². The summed E-state index contributed by atoms with van der Waals surface area (Å²) in [5.74, 6) is 0.931. The molecule has 0 saturated heterocycles. The molecular weight excluding hydrogens is 256 g/mol. The number of methoxy groups -OCH3 is 1. The van der Waals surface area contributed by atoms with E-state index in [1.807, 2.05) is 17.6 Å². The average molecular weight is 276 g/mol. The van der Waals surface area contributed by atoms with Crippen LogP contribution in [0.25, 0.3) is 0 Å². The summed E-state index contributed by atoms with van der Waals surface area (Å²) in [7, 11) is 1.71. The SMILES string of the molecule is CCNC(Cc1ncccc1C)c1cc(OC)cs1. The summed E-state index contributed by atoms with van der Waals surface area (Å²) in [6.07, 6.45) is 2.77. The first-order chi connectivity index (χ1) is 9.24. The highest BCUT2D eigenvalue weighted by molar-refractivity contribution is 7.10. The van der Waals surface area contributed by atoms with Crippen LogP contribution in [0, 0.1) is 6.92 Å². The third-order valence-corrected chi connectivity index (χ3v) is 4.17. The Balaban J connectivity index is 2.18. The van der Waals surface area contributed by atoms with Crippen LogP contribution in [0.15, 0.2) is 29.8 Å². The quantitative estimate of drug-likeness (QED) is 0.878. The fourth-order valence-corrected chi connectivity index (χ4v) is 3.00. The topological polar surface area (TPSA) is 34.2 Å². The number of ether oxygens (including phenoxy) is 1. The van der Waals surface area contributed by atoms with Gasteiger partial charge in [-0.2, -0.15) is 0 Å². The molecule has 0 radical (unpaired) electrons. The molecule has 2 rings (SSSR count). The summed E-state index contributed by atoms with van der Waals surface area (Å²) in [6, 6.07) is 6.50. The molecule has 0 spiro atoms. The van der Waals surface area contributed by atoms with Gasteiger partial charge >= 0.3 is 0 Å². The molecule has 19 heavy (non-hydrogen) atoms. The van der Waals surface area contributed by atoms with Gasteiger partial charge in [-0.3, -0.25) is 4.98 Å². The molecule has 1 unspecified atom stereocenters. The lowest BCUT2D eigenvalue weighted by atomic mass is 10.1. The van der Waals surface area contributed by atoms with Gasteiger partial charge in [-0.15, -0.1) is 11.3 Å². The van der Waals surface area contributed by atoms with Crippen molar-refractivity contribution < 1.29 is 4.74 Å². The average Bonchev–Trinajstić information content (AvgIpc) is 2.89. The van der Waals surface area contributed by atoms with E-state index >= 15 is 0 Å². The van der Waals surface area contributed by atoms with Gasteiger partial charge in [-0.25, -0.2) is 0 Å². The van der Waals surface area contributed by atoms with Gasteiger partial charge in [0, 0.05) is 34.6 Å². The van der Waals surface area contributed by atoms with E-state index in [4.69, 9.17) is 4.74 Å². The molecule has 0 fully saturated rings. The first-order valence-corrected chi connectivity index (χ1v) is 7.38. The zero-order chi connectivity index (χ0) is 13.7. The Kier molecular flexibility index (Phi) is 4.93. The predicted octanol–water partition coefficient (Wildman–Crippen LogP) is 3.35. The van der Waals surface area contributed by atoms with Gasteiger partial charge < -0.3 is 10.1 Å². The lowest BCUT2D eigenvalue weighted by Gasteiger charge is -2.17. The number of hydrogen-bond donors (Lipinski definition) is 1. The van der Waals surface area contributed by atoms with E-state index in [1.165, 1.54) is 10.4 Å². The fraction of sp³-hybridized carbons (Fsp3) is 0.400. The van der Waals surface area contributed by atoms with Gasteiger partial charge in [0.05, 0.1) is 7.11 Å². The number of aromatic nitrogens is 1. The predicted molar refractivity (Wildman–Crippen MR) is 80.0 cm³/mol. The second-order valence-electron chi connectivity index (χ2n) is 4.47. The molecule has 0 amide bonds. The molecule has 4 heteroatoms. The van der Waals surface area contributed by atoms with Crippen LogP contribution in [0.1, 0.15) is 29.1 Å². The zero-order valence-electron chi connectivity index (χ0n) is 11.6. The van der Waals surface area contributed by atoms with Crippen LogP contribution in [-0.2, 0) is 6.42 Å². The minimum absolute atomic E-state index is 0.299. The molecular formula is C15H20N2OS. The largest absolute Gasteiger partial charge is 0.496 e. The van der Waals surface area contributed by atoms with Gasteiger partial charge in [-0.1, -0.05) is 13.0 Å². The first-order valence-electron chi connectivity index (χ1n) is 6.51. The number of nitrogens with one attached hydrogen (secondary N) is 1. The lowest BCUT2D eigenvalue weighted by Crippen LogP contribution is -2.22. The first kappa shape index (κ1) is 14.0. The summed E-state index contributed by atoms with van der Waals surface area (Å²) in [5, 5.41) is 5.57. The molecule has 0 aliphatic heterocycles. The Labute approximate surface area is 118 Å². The molecule has 1 N–H and O–H groups in total. The van der Waals surface area contributed by atoms with Crippen LogP contribution in [-0.4, -0.2) is 18.6 Å². The maximum absolute atomic E-state index is 5.26. The van der Waals surface area contributed by atoms with Crippen LogP contribution in [0.3, 0.4) is 0 Å². The number of rotatable bonds is 6. The van der Waals surface area contributed by atoms with Gasteiger partial charge in [0.2, 0.25) is 0 Å². The van der Waals surface area contributed by atoms with E-state index in [-0.39, 0.29) is 0 Å². The van der Waals surface area contributed by atoms with E-state index in [0.29, 0.717) is 6.04 Å². The highest BCUT2D eigenvalue weighted by Crippen LogP contribution is 2.29. The zero-order valence-corrected chi connectivity index (χ0v) is 12.5. The molecule has 102 valence electrons. The lowest BCUT2D eigenvalue weighted by molar-refractivity contribution is 0.415. The maximum Gasteiger partial charge on any atom is 0.129 e. The number of nitrogens with zero attached hydrogens (tertiary/aromatic N) is 1. The van der Waals surface area contributed by atoms with Crippen molar-refractivity contribution in [3.8, 4) is 5.75 Å². The number of likely N-dealkylation sites (N-methyl/N-ethyl adjacent to an activating group) is 1. The van der Waals surface area contributed by atoms with Crippen molar-refractivity contribution in [3.63, 3.8) is 0 Å². The van der Waals surface area contributed by atoms with Crippen LogP contribution in [0.4, 0.5) is 0 Å². The van der Waals surface area contributed by atoms with E-state index in [1.54, 1.807) is 18.4 Å². The van der Waals surface area contributed by atoms with Crippen molar-refractivity contribution in [2.45, 2.75) is 26.3 Å². The third kappa shape index (κ3) is 3.55. The molecule has 0 aliphatic carbocycles. The summed E-state index contributed by atoms with van der Waals surface area (Å²) in [5.41, 5.74) is 2.40. The Hall–Kier alpha value is -1.39. The van der Waals surface area contributed by atoms with Crippen molar-refractivity contribution >= 4 is 11.3 Å². The molecule has 0 aromatic carbocycles. The highest BCUT2D eigenvalue weighted by Gasteiger charge is 2.15. The monoisotopic (exact) mass is 276 g/mol. The Morgan fingerprint density at radius 2 is 2.32 bits per heavy atom. The van der Waals surface area contributed by atoms with Gasteiger partial charge in [0.1, 0.15) is 5.75 Å². The summed E-state index contributed by atoms with van der Waals surface area (Å²) < 4.78 is 5.26. The number of aryl methyl sites for hydroxylation is 1. The Morgan fingerprint density at radius 1 is 1.47 bits per heavy atom. The van der Waals surface area contributed by atoms with Crippen LogP contribution < -0.4 is 10.1 Å². The van der Waals surface area contributed by atoms with Crippen LogP contribution >= 0.6 is 11.3 Å². The van der Waals surface area contributed by atoms with Crippen molar-refractivity contribution in [1.29, 1.82) is 0 Å². The smallest absolute Gasteiger partial charge is 0.129 e. The van der Waals surface area contributed by atoms with Crippen LogP contribution in [0.2, 0.25) is 0 Å². The van der Waals surface area contributed by atoms with E-state index in [9.17, 15) is 0 Å². The minimum atomic E-state index is 0.299. The standard InChI is InChI=1S/C15H20N2OS/c1-4-16-14(15-8-12(18-3)10-19-15)9-13-11(2)6-5-7-17-13/h5-8,10,14,16H,4,9H2,1-3H3. The number of thiophene rings is 1. The van der Waals surface area contributed by atoms with E-state index in [0.717, 1.165) is 24.4 Å². The molecule has 0 saturated carbocycles. The van der Waals surface area contributed by atoms with Crippen molar-refractivity contribution in [2.75, 3.05) is 13.7 Å². The summed E-state index contributed by atoms with van der Waals surface area (Å²) in [6.45, 7) is 5.18. The Bertz CT molecular complexity index is 524.